The average molecular weight is 388 g/mol. The van der Waals surface area contributed by atoms with E-state index in [0.29, 0.717) is 43.2 Å². The van der Waals surface area contributed by atoms with Gasteiger partial charge in [0.05, 0.1) is 15.8 Å². The van der Waals surface area contributed by atoms with E-state index in [4.69, 9.17) is 9.25 Å². The number of rotatable bonds is 2. The van der Waals surface area contributed by atoms with Gasteiger partial charge in [-0.25, -0.2) is 0 Å². The molecule has 142 valence electrons. The zero-order valence-corrected chi connectivity index (χ0v) is 15.6. The van der Waals surface area contributed by atoms with E-state index in [-0.39, 0.29) is 17.4 Å². The Labute approximate surface area is 159 Å². The van der Waals surface area contributed by atoms with Gasteiger partial charge in [0.2, 0.25) is 0 Å². The molecule has 2 amide bonds. The first-order chi connectivity index (χ1) is 13.1. The van der Waals surface area contributed by atoms with E-state index in [9.17, 15) is 9.59 Å². The summed E-state index contributed by atoms with van der Waals surface area (Å²) < 4.78 is 6.31. The summed E-state index contributed by atoms with van der Waals surface area (Å²) in [5.74, 6) is -0.0736. The van der Waals surface area contributed by atoms with Gasteiger partial charge < -0.3 is 24.4 Å². The SMILES string of the molecule is O=C(C1=NOC2(CCNC2)C1)N1CCN(C(=O)c2cc3occc3s2)CC1. The van der Waals surface area contributed by atoms with Gasteiger partial charge in [-0.05, 0) is 12.6 Å². The minimum Gasteiger partial charge on any atom is -0.463 e. The van der Waals surface area contributed by atoms with Crippen molar-refractivity contribution in [2.75, 3.05) is 39.3 Å². The van der Waals surface area contributed by atoms with Crippen LogP contribution < -0.4 is 5.32 Å². The molecule has 2 aromatic rings. The highest BCUT2D eigenvalue weighted by Gasteiger charge is 2.44. The van der Waals surface area contributed by atoms with Crippen LogP contribution in [0.25, 0.3) is 10.3 Å². The Hall–Kier alpha value is -2.39. The van der Waals surface area contributed by atoms with Gasteiger partial charge in [0.15, 0.2) is 5.60 Å². The largest absolute Gasteiger partial charge is 0.463 e. The summed E-state index contributed by atoms with van der Waals surface area (Å²) in [6.07, 6.45) is 3.06. The van der Waals surface area contributed by atoms with Crippen molar-refractivity contribution in [3.63, 3.8) is 0 Å². The fourth-order valence-corrected chi connectivity index (χ4v) is 4.86. The lowest BCUT2D eigenvalue weighted by Gasteiger charge is -2.34. The fraction of sp³-hybridized carbons (Fsp3) is 0.500. The highest BCUT2D eigenvalue weighted by molar-refractivity contribution is 7.20. The zero-order valence-electron chi connectivity index (χ0n) is 14.8. The molecule has 1 spiro atoms. The fourth-order valence-electron chi connectivity index (χ4n) is 3.91. The topological polar surface area (TPSA) is 87.4 Å². The number of furan rings is 1. The second kappa shape index (κ2) is 6.35. The normalized spacial score (nSPS) is 25.3. The smallest absolute Gasteiger partial charge is 0.271 e. The summed E-state index contributed by atoms with van der Waals surface area (Å²) in [5, 5.41) is 7.32. The standard InChI is InChI=1S/C18H20N4O4S/c23-16(12-10-18(26-20-12)2-3-19-11-18)21-4-6-22(7-5-21)17(24)15-9-13-14(27-15)1-8-25-13/h1,8-9,19H,2-7,10-11H2. The van der Waals surface area contributed by atoms with Gasteiger partial charge >= 0.3 is 0 Å². The van der Waals surface area contributed by atoms with Crippen LogP contribution in [0.5, 0.6) is 0 Å². The Morgan fingerprint density at radius 2 is 1.96 bits per heavy atom. The molecular weight excluding hydrogens is 368 g/mol. The van der Waals surface area contributed by atoms with E-state index in [1.807, 2.05) is 6.07 Å². The summed E-state index contributed by atoms with van der Waals surface area (Å²) >= 11 is 1.44. The van der Waals surface area contributed by atoms with Gasteiger partial charge in [-0.2, -0.15) is 0 Å². The first kappa shape index (κ1) is 16.8. The highest BCUT2D eigenvalue weighted by Crippen LogP contribution is 2.31. The number of hydrogen-bond acceptors (Lipinski definition) is 7. The van der Waals surface area contributed by atoms with Crippen molar-refractivity contribution in [2.45, 2.75) is 18.4 Å². The minimum atomic E-state index is -0.334. The molecule has 1 unspecified atom stereocenters. The number of oxime groups is 1. The summed E-state index contributed by atoms with van der Waals surface area (Å²) in [4.78, 5) is 35.3. The van der Waals surface area contributed by atoms with Crippen LogP contribution in [0, 0.1) is 0 Å². The molecule has 5 rings (SSSR count). The molecule has 0 saturated carbocycles. The number of amides is 2. The molecule has 5 heterocycles. The molecule has 0 bridgehead atoms. The number of piperazine rings is 1. The van der Waals surface area contributed by atoms with E-state index in [1.54, 1.807) is 22.1 Å². The lowest BCUT2D eigenvalue weighted by atomic mass is 9.96. The molecule has 1 N–H and O–H groups in total. The molecule has 3 aliphatic rings. The predicted octanol–water partition coefficient (Wildman–Crippen LogP) is 1.29. The van der Waals surface area contributed by atoms with Crippen molar-refractivity contribution in [1.29, 1.82) is 0 Å². The van der Waals surface area contributed by atoms with Crippen LogP contribution in [0.3, 0.4) is 0 Å². The maximum Gasteiger partial charge on any atom is 0.271 e. The Kier molecular flexibility index (Phi) is 3.94. The predicted molar refractivity (Wildman–Crippen MR) is 99.9 cm³/mol. The molecule has 1 atom stereocenters. The number of thiophene rings is 1. The maximum atomic E-state index is 12.8. The number of nitrogens with zero attached hydrogens (tertiary/aromatic N) is 3. The summed E-state index contributed by atoms with van der Waals surface area (Å²) in [7, 11) is 0. The van der Waals surface area contributed by atoms with E-state index in [2.05, 4.69) is 10.5 Å². The van der Waals surface area contributed by atoms with Crippen molar-refractivity contribution < 1.29 is 18.8 Å². The monoisotopic (exact) mass is 388 g/mol. The van der Waals surface area contributed by atoms with Gasteiger partial charge in [0, 0.05) is 51.6 Å². The molecule has 2 fully saturated rings. The number of carbonyl (C=O) groups is 2. The van der Waals surface area contributed by atoms with Crippen molar-refractivity contribution in [3.8, 4) is 0 Å². The second-order valence-corrected chi connectivity index (χ2v) is 8.34. The molecule has 27 heavy (non-hydrogen) atoms. The molecule has 8 nitrogen and oxygen atoms in total. The van der Waals surface area contributed by atoms with Gasteiger partial charge in [0.25, 0.3) is 11.8 Å². The van der Waals surface area contributed by atoms with E-state index >= 15 is 0 Å². The third-order valence-corrected chi connectivity index (χ3v) is 6.56. The summed E-state index contributed by atoms with van der Waals surface area (Å²) in [6, 6.07) is 3.66. The first-order valence-electron chi connectivity index (χ1n) is 9.15. The maximum absolute atomic E-state index is 12.8. The molecule has 3 aliphatic heterocycles. The summed E-state index contributed by atoms with van der Waals surface area (Å²) in [6.45, 7) is 3.69. The number of fused-ring (bicyclic) bond motifs is 1. The lowest BCUT2D eigenvalue weighted by Crippen LogP contribution is -2.52. The Morgan fingerprint density at radius 3 is 2.67 bits per heavy atom. The van der Waals surface area contributed by atoms with Crippen LogP contribution in [0.15, 0.2) is 28.0 Å². The highest BCUT2D eigenvalue weighted by atomic mass is 32.1. The minimum absolute atomic E-state index is 0.00368. The van der Waals surface area contributed by atoms with Crippen LogP contribution in [-0.2, 0) is 9.63 Å². The molecule has 0 aliphatic carbocycles. The molecule has 2 aromatic heterocycles. The third-order valence-electron chi connectivity index (χ3n) is 5.49. The molecular formula is C18H20N4O4S. The number of hydrogen-bond donors (Lipinski definition) is 1. The Morgan fingerprint density at radius 1 is 1.19 bits per heavy atom. The average Bonchev–Trinajstić information content (AvgIpc) is 3.46. The number of nitrogens with one attached hydrogen (secondary N) is 1. The Balaban J connectivity index is 1.19. The van der Waals surface area contributed by atoms with Crippen LogP contribution in [0.2, 0.25) is 0 Å². The molecule has 2 saturated heterocycles. The zero-order chi connectivity index (χ0) is 18.4. The summed E-state index contributed by atoms with van der Waals surface area (Å²) in [5.41, 5.74) is 0.905. The third kappa shape index (κ3) is 2.90. The second-order valence-electron chi connectivity index (χ2n) is 7.26. The lowest BCUT2D eigenvalue weighted by molar-refractivity contribution is -0.125. The van der Waals surface area contributed by atoms with Crippen molar-refractivity contribution >= 4 is 39.1 Å². The van der Waals surface area contributed by atoms with E-state index < -0.39 is 0 Å². The number of carbonyl (C=O) groups excluding carboxylic acids is 2. The Bertz CT molecular complexity index is 890. The van der Waals surface area contributed by atoms with Gasteiger partial charge in [0.1, 0.15) is 11.3 Å². The van der Waals surface area contributed by atoms with Gasteiger partial charge in [-0.15, -0.1) is 11.3 Å². The quantitative estimate of drug-likeness (QED) is 0.838. The van der Waals surface area contributed by atoms with Crippen LogP contribution in [0.4, 0.5) is 0 Å². The van der Waals surface area contributed by atoms with Crippen molar-refractivity contribution in [1.82, 2.24) is 15.1 Å². The van der Waals surface area contributed by atoms with E-state index in [1.165, 1.54) is 11.3 Å². The van der Waals surface area contributed by atoms with Crippen molar-refractivity contribution in [2.24, 2.45) is 5.16 Å². The van der Waals surface area contributed by atoms with Gasteiger partial charge in [-0.1, -0.05) is 5.16 Å². The van der Waals surface area contributed by atoms with E-state index in [0.717, 1.165) is 29.8 Å². The van der Waals surface area contributed by atoms with Crippen molar-refractivity contribution in [3.05, 3.63) is 23.3 Å². The molecule has 9 heteroatoms. The molecule has 0 aromatic carbocycles. The first-order valence-corrected chi connectivity index (χ1v) is 9.97. The van der Waals surface area contributed by atoms with Gasteiger partial charge in [-0.3, -0.25) is 9.59 Å². The van der Waals surface area contributed by atoms with Crippen LogP contribution in [-0.4, -0.2) is 72.2 Å². The van der Waals surface area contributed by atoms with Crippen LogP contribution in [0.1, 0.15) is 22.5 Å². The van der Waals surface area contributed by atoms with Crippen LogP contribution >= 0.6 is 11.3 Å². The molecule has 0 radical (unpaired) electrons.